The Morgan fingerprint density at radius 3 is 2.31 bits per heavy atom. The number of aryl methyl sites for hydroxylation is 3. The molecule has 2 aromatic rings. The Hall–Kier alpha value is -2.58. The number of carbonyl (C=O) groups is 1. The minimum atomic E-state index is -3.85. The molecule has 174 valence electrons. The lowest BCUT2D eigenvalue weighted by atomic mass is 10.1. The highest BCUT2D eigenvalue weighted by molar-refractivity contribution is 7.92. The van der Waals surface area contributed by atoms with E-state index in [2.05, 4.69) is 20.3 Å². The van der Waals surface area contributed by atoms with E-state index in [1.165, 1.54) is 0 Å². The zero-order valence-corrected chi connectivity index (χ0v) is 20.4. The number of hydrogen-bond donors (Lipinski definition) is 3. The molecule has 2 aromatic carbocycles. The summed E-state index contributed by atoms with van der Waals surface area (Å²) in [6.07, 6.45) is 0.816. The summed E-state index contributed by atoms with van der Waals surface area (Å²) in [5.41, 5.74) is 4.04. The number of sulfonamides is 1. The van der Waals surface area contributed by atoms with Crippen LogP contribution in [0.3, 0.4) is 0 Å². The lowest BCUT2D eigenvalue weighted by Gasteiger charge is -2.31. The molecule has 1 amide bonds. The molecule has 1 atom stereocenters. The highest BCUT2D eigenvalue weighted by Crippen LogP contribution is 2.31. The van der Waals surface area contributed by atoms with Crippen LogP contribution in [-0.2, 0) is 10.0 Å². The van der Waals surface area contributed by atoms with Crippen LogP contribution in [0.25, 0.3) is 0 Å². The Kier molecular flexibility index (Phi) is 7.46. The lowest BCUT2D eigenvalue weighted by Crippen LogP contribution is -2.43. The number of carbonyl (C=O) groups excluding carboxylic acids is 1. The maximum Gasteiger partial charge on any atom is 0.262 e. The van der Waals surface area contributed by atoms with Crippen molar-refractivity contribution >= 4 is 27.3 Å². The van der Waals surface area contributed by atoms with E-state index in [-0.39, 0.29) is 16.8 Å². The normalized spacial score (nSPS) is 15.3. The van der Waals surface area contributed by atoms with Crippen molar-refractivity contribution in [3.63, 3.8) is 0 Å². The minimum absolute atomic E-state index is 0.0355. The van der Waals surface area contributed by atoms with Crippen molar-refractivity contribution in [2.45, 2.75) is 52.0 Å². The number of rotatable bonds is 7. The smallest absolute Gasteiger partial charge is 0.262 e. The fourth-order valence-electron chi connectivity index (χ4n) is 4.14. The maximum atomic E-state index is 13.5. The van der Waals surface area contributed by atoms with Gasteiger partial charge in [-0.2, -0.15) is 0 Å². The molecule has 0 spiro atoms. The molecule has 0 radical (unpaired) electrons. The third kappa shape index (κ3) is 5.42. The van der Waals surface area contributed by atoms with Gasteiger partial charge in [-0.15, -0.1) is 0 Å². The molecule has 1 aliphatic rings. The number of piperazine rings is 1. The molecule has 1 fully saturated rings. The number of nitrogens with one attached hydrogen (secondary N) is 3. The van der Waals surface area contributed by atoms with Crippen molar-refractivity contribution in [2.24, 2.45) is 0 Å². The number of benzene rings is 2. The highest BCUT2D eigenvalue weighted by Gasteiger charge is 2.24. The van der Waals surface area contributed by atoms with E-state index < -0.39 is 10.0 Å². The number of anilines is 2. The Bertz CT molecular complexity index is 1070. The van der Waals surface area contributed by atoms with E-state index in [0.717, 1.165) is 43.9 Å². The molecule has 1 heterocycles. The molecule has 0 aromatic heterocycles. The molecule has 8 heteroatoms. The van der Waals surface area contributed by atoms with Gasteiger partial charge in [0.15, 0.2) is 0 Å². The van der Waals surface area contributed by atoms with E-state index in [9.17, 15) is 13.2 Å². The van der Waals surface area contributed by atoms with E-state index in [1.807, 2.05) is 52.8 Å². The highest BCUT2D eigenvalue weighted by atomic mass is 32.2. The van der Waals surface area contributed by atoms with E-state index in [4.69, 9.17) is 0 Å². The summed E-state index contributed by atoms with van der Waals surface area (Å²) >= 11 is 0. The molecule has 32 heavy (non-hydrogen) atoms. The van der Waals surface area contributed by atoms with Gasteiger partial charge < -0.3 is 15.5 Å². The number of nitrogens with zero attached hydrogens (tertiary/aromatic N) is 1. The monoisotopic (exact) mass is 458 g/mol. The van der Waals surface area contributed by atoms with Gasteiger partial charge in [0.25, 0.3) is 15.9 Å². The predicted molar refractivity (Wildman–Crippen MR) is 130 cm³/mol. The fourth-order valence-corrected chi connectivity index (χ4v) is 5.66. The van der Waals surface area contributed by atoms with Crippen molar-refractivity contribution < 1.29 is 13.2 Å². The molecular formula is C24H34N4O3S. The first-order valence-corrected chi connectivity index (χ1v) is 12.6. The molecule has 0 aliphatic carbocycles. The zero-order chi connectivity index (χ0) is 23.5. The zero-order valence-electron chi connectivity index (χ0n) is 19.6. The third-order valence-electron chi connectivity index (χ3n) is 5.82. The van der Waals surface area contributed by atoms with Crippen molar-refractivity contribution in [3.05, 3.63) is 52.6 Å². The first kappa shape index (κ1) is 24.1. The molecule has 3 N–H and O–H groups in total. The van der Waals surface area contributed by atoms with Crippen LogP contribution in [0.15, 0.2) is 35.2 Å². The van der Waals surface area contributed by atoms with Gasteiger partial charge in [0.2, 0.25) is 0 Å². The van der Waals surface area contributed by atoms with Crippen molar-refractivity contribution in [2.75, 3.05) is 35.8 Å². The van der Waals surface area contributed by atoms with E-state index >= 15 is 0 Å². The number of hydrogen-bond acceptors (Lipinski definition) is 5. The molecule has 1 saturated heterocycles. The lowest BCUT2D eigenvalue weighted by molar-refractivity contribution is 0.0939. The summed E-state index contributed by atoms with van der Waals surface area (Å²) in [4.78, 5) is 15.1. The van der Waals surface area contributed by atoms with Crippen LogP contribution in [-0.4, -0.2) is 46.5 Å². The van der Waals surface area contributed by atoms with Crippen LogP contribution in [0, 0.1) is 20.8 Å². The Morgan fingerprint density at radius 1 is 1.09 bits per heavy atom. The van der Waals surface area contributed by atoms with Crippen LogP contribution in [0.4, 0.5) is 11.4 Å². The first-order valence-electron chi connectivity index (χ1n) is 11.1. The average molecular weight is 459 g/mol. The standard InChI is InChI=1S/C24H34N4O3S/c1-6-19(5)26-24(29)20-7-8-22(28-11-9-25-10-12-28)21(15-20)27-32(30,31)23-17(3)13-16(2)14-18(23)4/h7-8,13-15,19,25,27H,6,9-12H2,1-5H3,(H,26,29). The summed E-state index contributed by atoms with van der Waals surface area (Å²) in [7, 11) is -3.85. The third-order valence-corrected chi connectivity index (χ3v) is 7.49. The van der Waals surface area contributed by atoms with E-state index in [0.29, 0.717) is 22.4 Å². The second kappa shape index (κ2) is 9.92. The van der Waals surface area contributed by atoms with Gasteiger partial charge in [-0.3, -0.25) is 9.52 Å². The first-order chi connectivity index (χ1) is 15.1. The molecule has 0 bridgehead atoms. The van der Waals surface area contributed by atoms with Crippen molar-refractivity contribution in [1.82, 2.24) is 10.6 Å². The van der Waals surface area contributed by atoms with Gasteiger partial charge in [0.05, 0.1) is 16.3 Å². The molecular weight excluding hydrogens is 424 g/mol. The summed E-state index contributed by atoms with van der Waals surface area (Å²) in [5, 5.41) is 6.26. The maximum absolute atomic E-state index is 13.5. The topological polar surface area (TPSA) is 90.5 Å². The van der Waals surface area contributed by atoms with Crippen LogP contribution in [0.2, 0.25) is 0 Å². The predicted octanol–water partition coefficient (Wildman–Crippen LogP) is 3.35. The number of amides is 1. The van der Waals surface area contributed by atoms with Crippen molar-refractivity contribution in [1.29, 1.82) is 0 Å². The second-order valence-electron chi connectivity index (χ2n) is 8.59. The Labute approximate surface area is 191 Å². The van der Waals surface area contributed by atoms with Gasteiger partial charge in [-0.25, -0.2) is 8.42 Å². The van der Waals surface area contributed by atoms with Gasteiger partial charge in [0, 0.05) is 37.8 Å². The molecule has 1 aliphatic heterocycles. The second-order valence-corrected chi connectivity index (χ2v) is 10.2. The van der Waals surface area contributed by atoms with Gasteiger partial charge in [0.1, 0.15) is 0 Å². The summed E-state index contributed by atoms with van der Waals surface area (Å²) in [6, 6.07) is 9.02. The fraction of sp³-hybridized carbons (Fsp3) is 0.458. The summed E-state index contributed by atoms with van der Waals surface area (Å²) in [5.74, 6) is -0.214. The summed E-state index contributed by atoms with van der Waals surface area (Å²) in [6.45, 7) is 12.7. The van der Waals surface area contributed by atoms with Gasteiger partial charge in [-0.1, -0.05) is 24.6 Å². The molecule has 7 nitrogen and oxygen atoms in total. The Balaban J connectivity index is 2.03. The van der Waals surface area contributed by atoms with Crippen LogP contribution >= 0.6 is 0 Å². The molecule has 3 rings (SSSR count). The van der Waals surface area contributed by atoms with Crippen LogP contribution in [0.5, 0.6) is 0 Å². The summed E-state index contributed by atoms with van der Waals surface area (Å²) < 4.78 is 29.7. The van der Waals surface area contributed by atoms with Gasteiger partial charge in [-0.05, 0) is 63.4 Å². The van der Waals surface area contributed by atoms with Crippen LogP contribution < -0.4 is 20.3 Å². The molecule has 1 unspecified atom stereocenters. The quantitative estimate of drug-likeness (QED) is 0.592. The van der Waals surface area contributed by atoms with E-state index in [1.54, 1.807) is 12.1 Å². The molecule has 0 saturated carbocycles. The SMILES string of the molecule is CCC(C)NC(=O)c1ccc(N2CCNCC2)c(NS(=O)(=O)c2c(C)cc(C)cc2C)c1. The minimum Gasteiger partial charge on any atom is -0.367 e. The van der Waals surface area contributed by atoms with Gasteiger partial charge >= 0.3 is 0 Å². The largest absolute Gasteiger partial charge is 0.367 e. The van der Waals surface area contributed by atoms with Crippen LogP contribution in [0.1, 0.15) is 47.3 Å². The van der Waals surface area contributed by atoms with Crippen molar-refractivity contribution in [3.8, 4) is 0 Å². The Morgan fingerprint density at radius 2 is 1.72 bits per heavy atom. The average Bonchev–Trinajstić information content (AvgIpc) is 2.72.